The summed E-state index contributed by atoms with van der Waals surface area (Å²) in [5.74, 6) is 0.703. The van der Waals surface area contributed by atoms with Crippen LogP contribution in [0.4, 0.5) is 5.00 Å². The van der Waals surface area contributed by atoms with E-state index in [1.807, 2.05) is 12.1 Å². The van der Waals surface area contributed by atoms with E-state index in [2.05, 4.69) is 61.2 Å². The van der Waals surface area contributed by atoms with E-state index in [1.165, 1.54) is 10.4 Å². The van der Waals surface area contributed by atoms with Crippen LogP contribution in [0.2, 0.25) is 0 Å². The lowest BCUT2D eigenvalue weighted by Gasteiger charge is -2.31. The molecule has 4 rings (SSSR count). The molecule has 0 radical (unpaired) electrons. The summed E-state index contributed by atoms with van der Waals surface area (Å²) in [5, 5.41) is 7.59. The number of hydrogen-bond donors (Lipinski definition) is 2. The Kier molecular flexibility index (Phi) is 5.26. The number of anilines is 1. The minimum atomic E-state index is -0.338. The largest absolute Gasteiger partial charge is 0.495 e. The van der Waals surface area contributed by atoms with Crippen molar-refractivity contribution in [3.8, 4) is 5.75 Å². The van der Waals surface area contributed by atoms with E-state index in [1.54, 1.807) is 18.4 Å². The monoisotopic (exact) mass is 513 g/mol. The Labute approximate surface area is 179 Å². The number of nitrogens with one attached hydrogen (secondary N) is 2. The van der Waals surface area contributed by atoms with Gasteiger partial charge in [0.05, 0.1) is 17.1 Å². The van der Waals surface area contributed by atoms with Gasteiger partial charge in [-0.3, -0.25) is 9.69 Å². The van der Waals surface area contributed by atoms with Crippen LogP contribution in [0.25, 0.3) is 0 Å². The lowest BCUT2D eigenvalue weighted by Crippen LogP contribution is -2.39. The van der Waals surface area contributed by atoms with Crippen molar-refractivity contribution in [3.05, 3.63) is 42.6 Å². The second-order valence-corrected chi connectivity index (χ2v) is 9.96. The summed E-state index contributed by atoms with van der Waals surface area (Å²) in [6, 6.07) is 4.42. The van der Waals surface area contributed by atoms with Crippen molar-refractivity contribution in [1.29, 1.82) is 0 Å². The van der Waals surface area contributed by atoms with Gasteiger partial charge in [0, 0.05) is 34.0 Å². The molecule has 0 fully saturated rings. The molecule has 3 heterocycles. The minimum absolute atomic E-state index is 0.0117. The van der Waals surface area contributed by atoms with Gasteiger partial charge >= 0.3 is 0 Å². The smallest absolute Gasteiger partial charge is 0.256 e. The van der Waals surface area contributed by atoms with Crippen LogP contribution in [-0.4, -0.2) is 30.5 Å². The lowest BCUT2D eigenvalue weighted by molar-refractivity contribution is 0.0934. The van der Waals surface area contributed by atoms with Gasteiger partial charge in [0.1, 0.15) is 16.9 Å². The first-order valence-electron chi connectivity index (χ1n) is 8.88. The van der Waals surface area contributed by atoms with Crippen molar-refractivity contribution >= 4 is 54.1 Å². The zero-order valence-corrected chi connectivity index (χ0v) is 19.3. The van der Waals surface area contributed by atoms with E-state index in [4.69, 9.17) is 4.74 Å². The van der Waals surface area contributed by atoms with Crippen LogP contribution in [0.1, 0.15) is 46.4 Å². The quantitative estimate of drug-likeness (QED) is 0.611. The molecule has 0 spiro atoms. The van der Waals surface area contributed by atoms with Gasteiger partial charge in [-0.1, -0.05) is 15.9 Å². The zero-order chi connectivity index (χ0) is 19.3. The van der Waals surface area contributed by atoms with Crippen molar-refractivity contribution in [3.63, 3.8) is 0 Å². The van der Waals surface area contributed by atoms with Gasteiger partial charge in [-0.05, 0) is 53.9 Å². The molecule has 2 aliphatic rings. The van der Waals surface area contributed by atoms with Crippen LogP contribution in [0.3, 0.4) is 0 Å². The molecule has 5 nitrogen and oxygen atoms in total. The van der Waals surface area contributed by atoms with Crippen LogP contribution >= 0.6 is 43.2 Å². The van der Waals surface area contributed by atoms with E-state index in [9.17, 15) is 4.79 Å². The van der Waals surface area contributed by atoms with E-state index in [0.29, 0.717) is 11.8 Å². The molecule has 0 aliphatic carbocycles. The van der Waals surface area contributed by atoms with Crippen LogP contribution in [0.15, 0.2) is 21.1 Å². The molecule has 8 heteroatoms. The topological polar surface area (TPSA) is 53.6 Å². The standard InChI is InChI=1S/C19H21Br2N3O2S/c1-9(2)24-5-4-11-14(8-24)27-19-15(11)18(25)22-17(23-19)12-6-10(20)7-13(21)16(12)26-3/h6-7,9,17,23H,4-5,8H2,1-3H3,(H,22,25)/t17-/m0/s1. The van der Waals surface area contributed by atoms with Gasteiger partial charge < -0.3 is 15.4 Å². The maximum absolute atomic E-state index is 13.0. The lowest BCUT2D eigenvalue weighted by atomic mass is 9.99. The number of carbonyl (C=O) groups excluding carboxylic acids is 1. The average Bonchev–Trinajstić information content (AvgIpc) is 2.98. The molecule has 2 aliphatic heterocycles. The van der Waals surface area contributed by atoms with Crippen LogP contribution in [0.5, 0.6) is 5.75 Å². The number of carbonyl (C=O) groups is 1. The first-order chi connectivity index (χ1) is 12.9. The number of nitrogens with zero attached hydrogens (tertiary/aromatic N) is 1. The van der Waals surface area contributed by atoms with Crippen LogP contribution in [-0.2, 0) is 13.0 Å². The number of methoxy groups -OCH3 is 1. The molecule has 144 valence electrons. The molecule has 27 heavy (non-hydrogen) atoms. The minimum Gasteiger partial charge on any atom is -0.495 e. The number of thiophene rings is 1. The average molecular weight is 515 g/mol. The van der Waals surface area contributed by atoms with Crippen molar-refractivity contribution in [2.45, 2.75) is 39.0 Å². The molecule has 0 saturated carbocycles. The van der Waals surface area contributed by atoms with Crippen LogP contribution in [0, 0.1) is 0 Å². The fourth-order valence-corrected chi connectivity index (χ4v) is 6.46. The molecule has 1 aromatic carbocycles. The molecule has 2 N–H and O–H groups in total. The number of benzene rings is 1. The highest BCUT2D eigenvalue weighted by Gasteiger charge is 2.34. The summed E-state index contributed by atoms with van der Waals surface area (Å²) >= 11 is 8.77. The SMILES string of the molecule is COc1c(Br)cc(Br)cc1[C@H]1NC(=O)c2c(sc3c2CCN(C(C)C)C3)N1. The number of fused-ring (bicyclic) bond motifs is 3. The summed E-state index contributed by atoms with van der Waals surface area (Å²) in [6.45, 7) is 6.35. The predicted molar refractivity (Wildman–Crippen MR) is 116 cm³/mol. The fourth-order valence-electron chi connectivity index (χ4n) is 3.74. The van der Waals surface area contributed by atoms with E-state index >= 15 is 0 Å². The summed E-state index contributed by atoms with van der Waals surface area (Å²) in [6.07, 6.45) is 0.584. The highest BCUT2D eigenvalue weighted by molar-refractivity contribution is 9.11. The summed E-state index contributed by atoms with van der Waals surface area (Å²) in [7, 11) is 1.64. The van der Waals surface area contributed by atoms with Crippen molar-refractivity contribution in [1.82, 2.24) is 10.2 Å². The van der Waals surface area contributed by atoms with Gasteiger partial charge in [0.2, 0.25) is 0 Å². The summed E-state index contributed by atoms with van der Waals surface area (Å²) < 4.78 is 7.33. The zero-order valence-electron chi connectivity index (χ0n) is 15.4. The molecule has 0 bridgehead atoms. The Balaban J connectivity index is 1.70. The maximum Gasteiger partial charge on any atom is 0.256 e. The van der Waals surface area contributed by atoms with E-state index < -0.39 is 0 Å². The molecule has 1 amide bonds. The van der Waals surface area contributed by atoms with Crippen molar-refractivity contribution in [2.24, 2.45) is 0 Å². The Morgan fingerprint density at radius 1 is 1.30 bits per heavy atom. The third-order valence-corrected chi connectivity index (χ3v) is 7.34. The third kappa shape index (κ3) is 3.41. The van der Waals surface area contributed by atoms with E-state index in [0.717, 1.165) is 44.6 Å². The highest BCUT2D eigenvalue weighted by atomic mass is 79.9. The van der Waals surface area contributed by atoms with Crippen molar-refractivity contribution in [2.75, 3.05) is 19.0 Å². The third-order valence-electron chi connectivity index (χ3n) is 5.15. The van der Waals surface area contributed by atoms with Gasteiger partial charge in [0.15, 0.2) is 0 Å². The normalized spacial score (nSPS) is 19.3. The Hall–Kier alpha value is -1.09. The van der Waals surface area contributed by atoms with Gasteiger partial charge in [-0.25, -0.2) is 0 Å². The molecular weight excluding hydrogens is 494 g/mol. The first kappa shape index (κ1) is 19.2. The molecule has 0 saturated heterocycles. The molecule has 2 aromatic rings. The molecule has 1 aromatic heterocycles. The Morgan fingerprint density at radius 3 is 2.78 bits per heavy atom. The number of ether oxygens (including phenoxy) is 1. The molecule has 0 unspecified atom stereocenters. The second-order valence-electron chi connectivity index (χ2n) is 7.08. The number of halogens is 2. The van der Waals surface area contributed by atoms with Crippen LogP contribution < -0.4 is 15.4 Å². The number of amides is 1. The number of hydrogen-bond acceptors (Lipinski definition) is 5. The molecular formula is C19H21Br2N3O2S. The summed E-state index contributed by atoms with van der Waals surface area (Å²) in [4.78, 5) is 16.7. The maximum atomic E-state index is 13.0. The van der Waals surface area contributed by atoms with Gasteiger partial charge in [-0.2, -0.15) is 0 Å². The molecule has 1 atom stereocenters. The van der Waals surface area contributed by atoms with Crippen molar-refractivity contribution < 1.29 is 9.53 Å². The fraction of sp³-hybridized carbons (Fsp3) is 0.421. The second kappa shape index (κ2) is 7.39. The van der Waals surface area contributed by atoms with Gasteiger partial charge in [0.25, 0.3) is 5.91 Å². The van der Waals surface area contributed by atoms with Gasteiger partial charge in [-0.15, -0.1) is 11.3 Å². The number of rotatable bonds is 3. The van der Waals surface area contributed by atoms with E-state index in [-0.39, 0.29) is 12.1 Å². The Bertz CT molecular complexity index is 913. The highest BCUT2D eigenvalue weighted by Crippen LogP contribution is 2.43. The predicted octanol–water partition coefficient (Wildman–Crippen LogP) is 4.90. The summed E-state index contributed by atoms with van der Waals surface area (Å²) in [5.41, 5.74) is 2.91. The Morgan fingerprint density at radius 2 is 2.07 bits per heavy atom. The first-order valence-corrected chi connectivity index (χ1v) is 11.3.